The van der Waals surface area contributed by atoms with E-state index in [0.717, 1.165) is 5.69 Å². The standard InChI is InChI=1S/C20H28N7O7P/c1-12(2)22-20(28)34-14-7-17(32-10-14)15-8-18(27(25-15)11-33-35(29)30)23-19-16-6-13(9-31-3)24-26(16)5-4-21-19/h4-6,8,12,14,17,29-30H,7,9-11H2,1-3H3,(H,21,23)(H,22,28). The van der Waals surface area contributed by atoms with Crippen LogP contribution in [0.2, 0.25) is 0 Å². The molecule has 2 atom stereocenters. The van der Waals surface area contributed by atoms with Gasteiger partial charge >= 0.3 is 14.7 Å². The van der Waals surface area contributed by atoms with E-state index in [-0.39, 0.29) is 19.4 Å². The van der Waals surface area contributed by atoms with Gasteiger partial charge in [-0.05, 0) is 19.9 Å². The Kier molecular flexibility index (Phi) is 8.11. The fourth-order valence-corrected chi connectivity index (χ4v) is 3.83. The highest BCUT2D eigenvalue weighted by Gasteiger charge is 2.32. The van der Waals surface area contributed by atoms with Crippen LogP contribution in [0.1, 0.15) is 37.8 Å². The van der Waals surface area contributed by atoms with Gasteiger partial charge in [-0.25, -0.2) is 19.0 Å². The zero-order chi connectivity index (χ0) is 24.9. The predicted octanol–water partition coefficient (Wildman–Crippen LogP) is 1.97. The molecule has 2 unspecified atom stereocenters. The maximum Gasteiger partial charge on any atom is 0.407 e. The smallest absolute Gasteiger partial charge is 0.407 e. The lowest BCUT2D eigenvalue weighted by molar-refractivity contribution is 0.0678. The summed E-state index contributed by atoms with van der Waals surface area (Å²) in [6, 6.07) is 3.56. The van der Waals surface area contributed by atoms with Crippen LogP contribution in [0.25, 0.3) is 5.52 Å². The number of carbonyl (C=O) groups excluding carboxylic acids is 1. The molecule has 0 aromatic carbocycles. The summed E-state index contributed by atoms with van der Waals surface area (Å²) in [5.74, 6) is 0.988. The van der Waals surface area contributed by atoms with Crippen molar-refractivity contribution < 1.29 is 33.3 Å². The van der Waals surface area contributed by atoms with Gasteiger partial charge in [-0.3, -0.25) is 4.52 Å². The van der Waals surface area contributed by atoms with E-state index in [1.54, 1.807) is 30.1 Å². The molecule has 1 aliphatic heterocycles. The molecular weight excluding hydrogens is 481 g/mol. The number of methoxy groups -OCH3 is 1. The van der Waals surface area contributed by atoms with Crippen LogP contribution in [0.15, 0.2) is 24.5 Å². The summed E-state index contributed by atoms with van der Waals surface area (Å²) >= 11 is 0. The Hall–Kier alpha value is -2.87. The lowest BCUT2D eigenvalue weighted by atomic mass is 10.1. The van der Waals surface area contributed by atoms with E-state index in [2.05, 4.69) is 25.8 Å². The number of aromatic nitrogens is 5. The third-order valence-corrected chi connectivity index (χ3v) is 5.39. The summed E-state index contributed by atoms with van der Waals surface area (Å²) in [4.78, 5) is 34.7. The van der Waals surface area contributed by atoms with Crippen molar-refractivity contribution in [3.05, 3.63) is 35.9 Å². The Morgan fingerprint density at radius 2 is 2.17 bits per heavy atom. The van der Waals surface area contributed by atoms with E-state index in [1.165, 1.54) is 4.68 Å². The number of hydrogen-bond donors (Lipinski definition) is 4. The summed E-state index contributed by atoms with van der Waals surface area (Å²) < 4.78 is 24.5. The van der Waals surface area contributed by atoms with Gasteiger partial charge in [0.15, 0.2) is 5.82 Å². The first-order valence-corrected chi connectivity index (χ1v) is 12.1. The lowest BCUT2D eigenvalue weighted by Crippen LogP contribution is -2.33. The number of anilines is 2. The highest BCUT2D eigenvalue weighted by atomic mass is 31.2. The Labute approximate surface area is 202 Å². The molecule has 3 aromatic heterocycles. The number of rotatable bonds is 10. The lowest BCUT2D eigenvalue weighted by Gasteiger charge is -2.13. The van der Waals surface area contributed by atoms with Gasteiger partial charge in [-0.2, -0.15) is 10.2 Å². The molecule has 0 saturated carbocycles. The first kappa shape index (κ1) is 25.2. The number of carbonyl (C=O) groups is 1. The monoisotopic (exact) mass is 509 g/mol. The normalized spacial score (nSPS) is 18.0. The van der Waals surface area contributed by atoms with Crippen molar-refractivity contribution in [2.75, 3.05) is 19.0 Å². The number of nitrogens with zero attached hydrogens (tertiary/aromatic N) is 5. The number of amides is 1. The molecule has 0 radical (unpaired) electrons. The highest BCUT2D eigenvalue weighted by Crippen LogP contribution is 2.33. The highest BCUT2D eigenvalue weighted by molar-refractivity contribution is 7.39. The summed E-state index contributed by atoms with van der Waals surface area (Å²) in [6.07, 6.45) is 2.40. The molecule has 190 valence electrons. The molecule has 35 heavy (non-hydrogen) atoms. The molecule has 4 rings (SSSR count). The zero-order valence-electron chi connectivity index (χ0n) is 19.5. The van der Waals surface area contributed by atoms with Crippen molar-refractivity contribution in [2.45, 2.75) is 51.9 Å². The Morgan fingerprint density at radius 3 is 2.91 bits per heavy atom. The van der Waals surface area contributed by atoms with E-state index in [9.17, 15) is 14.6 Å². The zero-order valence-corrected chi connectivity index (χ0v) is 20.4. The SMILES string of the molecule is COCc1cc2c(Nc3cc(C4CC(OC(=O)NC(C)C)CO4)nn3COP(O)O)nccn2n1. The first-order valence-electron chi connectivity index (χ1n) is 10.9. The van der Waals surface area contributed by atoms with Crippen molar-refractivity contribution in [1.29, 1.82) is 0 Å². The van der Waals surface area contributed by atoms with Gasteiger partial charge in [0.05, 0.1) is 24.6 Å². The third-order valence-electron chi connectivity index (χ3n) is 5.04. The Morgan fingerprint density at radius 1 is 1.34 bits per heavy atom. The molecule has 1 amide bonds. The van der Waals surface area contributed by atoms with Crippen LogP contribution in [-0.2, 0) is 32.1 Å². The predicted molar refractivity (Wildman–Crippen MR) is 124 cm³/mol. The van der Waals surface area contributed by atoms with Crippen molar-refractivity contribution in [2.24, 2.45) is 0 Å². The van der Waals surface area contributed by atoms with Crippen LogP contribution >= 0.6 is 8.60 Å². The topological polar surface area (TPSA) is 167 Å². The number of hydrogen-bond acceptors (Lipinski definition) is 11. The average Bonchev–Trinajstić information content (AvgIpc) is 3.50. The average molecular weight is 509 g/mol. The fourth-order valence-electron chi connectivity index (χ4n) is 3.62. The second-order valence-electron chi connectivity index (χ2n) is 8.15. The van der Waals surface area contributed by atoms with Crippen LogP contribution < -0.4 is 10.6 Å². The van der Waals surface area contributed by atoms with Gasteiger partial charge in [-0.15, -0.1) is 0 Å². The molecule has 0 aliphatic carbocycles. The molecule has 1 aliphatic rings. The number of fused-ring (bicyclic) bond motifs is 1. The van der Waals surface area contributed by atoms with Crippen molar-refractivity contribution >= 4 is 31.8 Å². The van der Waals surface area contributed by atoms with E-state index < -0.39 is 26.9 Å². The van der Waals surface area contributed by atoms with E-state index in [0.29, 0.717) is 35.9 Å². The van der Waals surface area contributed by atoms with Gasteiger partial charge in [-0.1, -0.05) is 0 Å². The summed E-state index contributed by atoms with van der Waals surface area (Å²) in [7, 11) is -0.985. The molecule has 3 aromatic rings. The fraction of sp³-hybridized carbons (Fsp3) is 0.500. The molecule has 0 spiro atoms. The van der Waals surface area contributed by atoms with E-state index in [4.69, 9.17) is 18.7 Å². The molecule has 15 heteroatoms. The molecule has 1 fully saturated rings. The maximum absolute atomic E-state index is 11.9. The van der Waals surface area contributed by atoms with Gasteiger partial charge < -0.3 is 34.6 Å². The second kappa shape index (κ2) is 11.2. The van der Waals surface area contributed by atoms with Gasteiger partial charge in [0, 0.05) is 38.0 Å². The molecule has 4 N–H and O–H groups in total. The van der Waals surface area contributed by atoms with Crippen LogP contribution in [0.4, 0.5) is 16.4 Å². The Balaban J connectivity index is 1.53. The summed E-state index contributed by atoms with van der Waals surface area (Å²) in [6.45, 7) is 4.06. The summed E-state index contributed by atoms with van der Waals surface area (Å²) in [5.41, 5.74) is 2.01. The van der Waals surface area contributed by atoms with Crippen LogP contribution in [0.3, 0.4) is 0 Å². The van der Waals surface area contributed by atoms with Gasteiger partial charge in [0.25, 0.3) is 0 Å². The quantitative estimate of drug-likeness (QED) is 0.295. The number of ether oxygens (including phenoxy) is 3. The molecular formula is C20H28N7O7P. The number of nitrogens with one attached hydrogen (secondary N) is 2. The first-order chi connectivity index (χ1) is 16.8. The minimum Gasteiger partial charge on any atom is -0.444 e. The summed E-state index contributed by atoms with van der Waals surface area (Å²) in [5, 5.41) is 14.8. The van der Waals surface area contributed by atoms with E-state index in [1.807, 2.05) is 19.9 Å². The van der Waals surface area contributed by atoms with Crippen LogP contribution in [-0.4, -0.2) is 66.1 Å². The minimum atomic E-state index is -2.58. The maximum atomic E-state index is 11.9. The Bertz CT molecular complexity index is 1150. The number of alkyl carbamates (subject to hydrolysis) is 1. The molecule has 1 saturated heterocycles. The minimum absolute atomic E-state index is 0.0343. The molecule has 4 heterocycles. The van der Waals surface area contributed by atoms with Crippen molar-refractivity contribution in [3.8, 4) is 0 Å². The molecule has 0 bridgehead atoms. The van der Waals surface area contributed by atoms with Crippen molar-refractivity contribution in [3.63, 3.8) is 0 Å². The van der Waals surface area contributed by atoms with Gasteiger partial charge in [0.1, 0.15) is 30.3 Å². The molecule has 14 nitrogen and oxygen atoms in total. The second-order valence-corrected chi connectivity index (χ2v) is 8.91. The van der Waals surface area contributed by atoms with Gasteiger partial charge in [0.2, 0.25) is 0 Å². The van der Waals surface area contributed by atoms with Crippen molar-refractivity contribution in [1.82, 2.24) is 29.7 Å². The van der Waals surface area contributed by atoms with Crippen LogP contribution in [0.5, 0.6) is 0 Å². The third kappa shape index (κ3) is 6.42. The largest absolute Gasteiger partial charge is 0.444 e. The van der Waals surface area contributed by atoms with E-state index >= 15 is 0 Å². The van der Waals surface area contributed by atoms with Crippen LogP contribution in [0, 0.1) is 0 Å².